The van der Waals surface area contributed by atoms with Gasteiger partial charge in [0.15, 0.2) is 0 Å². The number of benzene rings is 3. The Hall–Kier alpha value is -4.26. The highest BCUT2D eigenvalue weighted by Crippen LogP contribution is 2.71. The van der Waals surface area contributed by atoms with Crippen molar-refractivity contribution in [2.24, 2.45) is 28.1 Å². The maximum absolute atomic E-state index is 4.94. The van der Waals surface area contributed by atoms with Crippen molar-refractivity contribution in [2.75, 3.05) is 0 Å². The number of fused-ring (bicyclic) bond motifs is 3. The lowest BCUT2D eigenvalue weighted by Crippen LogP contribution is -2.55. The average Bonchev–Trinajstić information content (AvgIpc) is 3.05. The van der Waals surface area contributed by atoms with Crippen molar-refractivity contribution in [1.29, 1.82) is 0 Å². The predicted molar refractivity (Wildman–Crippen MR) is 210 cm³/mol. The van der Waals surface area contributed by atoms with Gasteiger partial charge in [-0.25, -0.2) is 0 Å². The summed E-state index contributed by atoms with van der Waals surface area (Å²) in [5.41, 5.74) is 17.0. The Kier molecular flexibility index (Phi) is 8.87. The van der Waals surface area contributed by atoms with Crippen LogP contribution in [0.2, 0.25) is 0 Å². The van der Waals surface area contributed by atoms with Crippen LogP contribution in [0.4, 0.5) is 0 Å². The molecule has 49 heavy (non-hydrogen) atoms. The lowest BCUT2D eigenvalue weighted by Gasteiger charge is -2.64. The molecule has 0 nitrogen and oxygen atoms in total. The molecule has 0 radical (unpaired) electrons. The fourth-order valence-corrected chi connectivity index (χ4v) is 10.3. The van der Waals surface area contributed by atoms with E-state index in [0.29, 0.717) is 11.8 Å². The van der Waals surface area contributed by atoms with Crippen LogP contribution in [0, 0.1) is 58.7 Å². The van der Waals surface area contributed by atoms with Crippen LogP contribution < -0.4 is 0 Å². The van der Waals surface area contributed by atoms with Gasteiger partial charge in [0.2, 0.25) is 0 Å². The molecule has 0 heterocycles. The Morgan fingerprint density at radius 2 is 1.35 bits per heavy atom. The van der Waals surface area contributed by atoms with Crippen molar-refractivity contribution < 1.29 is 0 Å². The van der Waals surface area contributed by atoms with Gasteiger partial charge in [-0.3, -0.25) is 0 Å². The van der Waals surface area contributed by atoms with E-state index in [4.69, 9.17) is 13.2 Å². The van der Waals surface area contributed by atoms with Crippen molar-refractivity contribution in [2.45, 2.75) is 94.4 Å². The van der Waals surface area contributed by atoms with E-state index in [1.54, 1.807) is 0 Å². The molecule has 3 aromatic carbocycles. The molecule has 0 spiro atoms. The summed E-state index contributed by atoms with van der Waals surface area (Å²) in [6.07, 6.45) is 5.24. The maximum Gasteiger partial charge on any atom is 0.0300 e. The monoisotopic (exact) mass is 642 g/mol. The number of allylic oxidation sites excluding steroid dienone is 5. The average molecular weight is 643 g/mol. The molecule has 1 saturated carbocycles. The molecule has 0 bridgehead atoms. The van der Waals surface area contributed by atoms with E-state index >= 15 is 0 Å². The van der Waals surface area contributed by atoms with Crippen LogP contribution in [0.5, 0.6) is 0 Å². The first kappa shape index (κ1) is 34.6. The summed E-state index contributed by atoms with van der Waals surface area (Å²) in [6.45, 7) is 35.3. The molecule has 0 N–H and O–H groups in total. The minimum absolute atomic E-state index is 0.0572. The van der Waals surface area contributed by atoms with E-state index in [0.717, 1.165) is 59.9 Å². The van der Waals surface area contributed by atoms with Crippen molar-refractivity contribution >= 4 is 5.57 Å². The van der Waals surface area contributed by atoms with Crippen LogP contribution in [-0.4, -0.2) is 0 Å². The quantitative estimate of drug-likeness (QED) is 0.197. The van der Waals surface area contributed by atoms with Crippen LogP contribution in [-0.2, 0) is 19.3 Å². The molecule has 0 heteroatoms. The van der Waals surface area contributed by atoms with E-state index in [1.807, 2.05) is 0 Å². The normalized spacial score (nSPS) is 27.2. The molecular weight excluding hydrogens is 589 g/mol. The smallest absolute Gasteiger partial charge is 0.0300 e. The van der Waals surface area contributed by atoms with Crippen molar-refractivity contribution in [3.63, 3.8) is 0 Å². The topological polar surface area (TPSA) is 0 Å². The minimum Gasteiger partial charge on any atom is -0.0995 e. The van der Waals surface area contributed by atoms with E-state index < -0.39 is 0 Å². The number of hydrogen-bond donors (Lipinski definition) is 0. The van der Waals surface area contributed by atoms with Gasteiger partial charge in [-0.1, -0.05) is 126 Å². The standard InChI is InChI=1S/C49H54/c1-13-37-15-19-39(20-16-37)23-25-41-27-42(26-24-40-21-17-38(14-2)18-22-40)43-29-47(10)30-48(11)28-32(5)44(31(3)4)35(8)49(48,12)36(9)46(47)34(7)45(43)33(41)6/h15-22,27,32,44H,3,7-8,13-14,28-30H2,1-2,4-6,9-12H3/t32?,44?,47-,48+,49-/m1/s1. The number of hydrogen-bond acceptors (Lipinski definition) is 0. The second-order valence-corrected chi connectivity index (χ2v) is 16.2. The van der Waals surface area contributed by atoms with E-state index in [2.05, 4.69) is 147 Å². The van der Waals surface area contributed by atoms with Gasteiger partial charge in [0.25, 0.3) is 0 Å². The molecule has 3 aliphatic carbocycles. The molecule has 0 amide bonds. The van der Waals surface area contributed by atoms with Gasteiger partial charge in [-0.05, 0) is 139 Å². The summed E-state index contributed by atoms with van der Waals surface area (Å²) in [5, 5.41) is 0. The van der Waals surface area contributed by atoms with Crippen LogP contribution in [0.25, 0.3) is 5.57 Å². The summed E-state index contributed by atoms with van der Waals surface area (Å²) in [4.78, 5) is 0. The molecule has 3 aliphatic rings. The summed E-state index contributed by atoms with van der Waals surface area (Å²) < 4.78 is 0. The third-order valence-electron chi connectivity index (χ3n) is 12.9. The van der Waals surface area contributed by atoms with E-state index in [1.165, 1.54) is 50.1 Å². The van der Waals surface area contributed by atoms with Gasteiger partial charge >= 0.3 is 0 Å². The van der Waals surface area contributed by atoms with Gasteiger partial charge in [0.05, 0.1) is 0 Å². The number of aryl methyl sites for hydroxylation is 2. The fraction of sp³-hybridized carbons (Fsp3) is 0.388. The molecule has 3 aromatic rings. The summed E-state index contributed by atoms with van der Waals surface area (Å²) >= 11 is 0. The third kappa shape index (κ3) is 5.59. The van der Waals surface area contributed by atoms with Gasteiger partial charge in [0.1, 0.15) is 0 Å². The minimum atomic E-state index is -0.137. The van der Waals surface area contributed by atoms with Gasteiger partial charge in [-0.15, -0.1) is 0 Å². The molecular formula is C49H54. The summed E-state index contributed by atoms with van der Waals surface area (Å²) in [5.74, 6) is 15.1. The SMILES string of the molecule is C=C1C2=C(C)[C@@]3(C)C(=C)C(C(=C)C)C(C)C[C@@]3(C)C[C@@]2(C)Cc2c(C#Cc3ccc(CC)cc3)cc(C#Cc3ccc(CC)cc3)c(C)c21. The first-order chi connectivity index (χ1) is 23.2. The second-order valence-electron chi connectivity index (χ2n) is 16.2. The largest absolute Gasteiger partial charge is 0.0995 e. The Bertz CT molecular complexity index is 2040. The molecule has 5 atom stereocenters. The zero-order valence-electron chi connectivity index (χ0n) is 31.5. The Morgan fingerprint density at radius 1 is 0.816 bits per heavy atom. The molecule has 0 saturated heterocycles. The van der Waals surface area contributed by atoms with Crippen LogP contribution in [0.3, 0.4) is 0 Å². The maximum atomic E-state index is 4.94. The van der Waals surface area contributed by atoms with Gasteiger partial charge in [0, 0.05) is 33.6 Å². The first-order valence-electron chi connectivity index (χ1n) is 18.3. The summed E-state index contributed by atoms with van der Waals surface area (Å²) in [6, 6.07) is 19.6. The highest BCUT2D eigenvalue weighted by Gasteiger charge is 2.61. The first-order valence-corrected chi connectivity index (χ1v) is 18.3. The van der Waals surface area contributed by atoms with Crippen LogP contribution in [0.1, 0.15) is 118 Å². The van der Waals surface area contributed by atoms with Gasteiger partial charge in [-0.2, -0.15) is 0 Å². The van der Waals surface area contributed by atoms with Crippen molar-refractivity contribution in [3.05, 3.63) is 147 Å². The Morgan fingerprint density at radius 3 is 1.86 bits per heavy atom. The highest BCUT2D eigenvalue weighted by molar-refractivity contribution is 5.88. The second kappa shape index (κ2) is 12.6. The molecule has 2 unspecified atom stereocenters. The molecule has 0 aliphatic heterocycles. The predicted octanol–water partition coefficient (Wildman–Crippen LogP) is 12.0. The van der Waals surface area contributed by atoms with E-state index in [-0.39, 0.29) is 16.2 Å². The molecule has 6 rings (SSSR count). The lowest BCUT2D eigenvalue weighted by molar-refractivity contribution is -0.00210. The van der Waals surface area contributed by atoms with Crippen molar-refractivity contribution in [1.82, 2.24) is 0 Å². The molecule has 250 valence electrons. The summed E-state index contributed by atoms with van der Waals surface area (Å²) in [7, 11) is 0. The zero-order chi connectivity index (χ0) is 35.5. The third-order valence-corrected chi connectivity index (χ3v) is 12.9. The highest BCUT2D eigenvalue weighted by atomic mass is 14.6. The Labute approximate surface area is 297 Å². The van der Waals surface area contributed by atoms with Gasteiger partial charge < -0.3 is 0 Å². The van der Waals surface area contributed by atoms with E-state index in [9.17, 15) is 0 Å². The van der Waals surface area contributed by atoms with Crippen LogP contribution >= 0.6 is 0 Å². The Balaban J connectivity index is 1.55. The van der Waals surface area contributed by atoms with Crippen molar-refractivity contribution in [3.8, 4) is 23.7 Å². The molecule has 0 aromatic heterocycles. The number of rotatable bonds is 3. The van der Waals surface area contributed by atoms with Crippen LogP contribution in [0.15, 0.2) is 96.6 Å². The molecule has 1 fully saturated rings. The fourth-order valence-electron chi connectivity index (χ4n) is 10.3. The lowest BCUT2D eigenvalue weighted by atomic mass is 9.39. The zero-order valence-corrected chi connectivity index (χ0v) is 31.5.